The number of carbonyl (C=O) groups is 1. The van der Waals surface area contributed by atoms with Crippen molar-refractivity contribution in [3.63, 3.8) is 0 Å². The molecule has 12 N–H and O–H groups in total. The first-order chi connectivity index (χ1) is 50.8. The van der Waals surface area contributed by atoms with Gasteiger partial charge in [-0.05, 0) is 96.3 Å². The van der Waals surface area contributed by atoms with Crippen LogP contribution in [0.2, 0.25) is 0 Å². The summed E-state index contributed by atoms with van der Waals surface area (Å²) in [6, 6.07) is -1.01. The predicted molar refractivity (Wildman–Crippen MR) is 415 cm³/mol. The van der Waals surface area contributed by atoms with Crippen molar-refractivity contribution in [1.29, 1.82) is 0 Å². The van der Waals surface area contributed by atoms with Crippen LogP contribution in [0.5, 0.6) is 0 Å². The lowest BCUT2D eigenvalue weighted by Crippen LogP contribution is -2.66. The second-order valence-electron chi connectivity index (χ2n) is 28.5. The number of hydrogen-bond acceptors (Lipinski definition) is 18. The van der Waals surface area contributed by atoms with Crippen LogP contribution in [0, 0.1) is 0 Å². The lowest BCUT2D eigenvalue weighted by atomic mass is 9.96. The number of aliphatic hydroxyl groups is 11. The largest absolute Gasteiger partial charge is 0.394 e. The van der Waals surface area contributed by atoms with Gasteiger partial charge in [0.25, 0.3) is 0 Å². The Kier molecular flexibility index (Phi) is 58.1. The Labute approximate surface area is 627 Å². The zero-order valence-electron chi connectivity index (χ0n) is 64.0. The lowest BCUT2D eigenvalue weighted by molar-refractivity contribution is -0.379. The molecule has 17 unspecified atom stereocenters. The smallest absolute Gasteiger partial charge is 0.220 e. The molecule has 598 valence electrons. The summed E-state index contributed by atoms with van der Waals surface area (Å²) in [6.07, 6.45) is 63.2. The molecule has 0 aromatic carbocycles. The molecule has 19 heteroatoms. The Morgan fingerprint density at radius 3 is 1.08 bits per heavy atom. The minimum atomic E-state index is -1.99. The Morgan fingerprint density at radius 2 is 0.673 bits per heavy atom. The van der Waals surface area contributed by atoms with Crippen molar-refractivity contribution in [3.8, 4) is 0 Å². The Balaban J connectivity index is 1.40. The number of aliphatic hydroxyl groups excluding tert-OH is 11. The van der Waals surface area contributed by atoms with E-state index < -0.39 is 124 Å². The maximum absolute atomic E-state index is 13.5. The maximum Gasteiger partial charge on any atom is 0.220 e. The van der Waals surface area contributed by atoms with Crippen LogP contribution in [0.15, 0.2) is 122 Å². The number of amides is 1. The predicted octanol–water partition coefficient (Wildman–Crippen LogP) is 13.9. The van der Waals surface area contributed by atoms with Gasteiger partial charge in [-0.2, -0.15) is 0 Å². The van der Waals surface area contributed by atoms with E-state index in [1.54, 1.807) is 6.08 Å². The van der Waals surface area contributed by atoms with Crippen LogP contribution in [-0.4, -0.2) is 193 Å². The number of carbonyl (C=O) groups excluding carboxylic acids is 1. The molecular formula is C85H145NO18. The number of nitrogens with one attached hydrogen (secondary N) is 1. The minimum Gasteiger partial charge on any atom is -0.394 e. The molecule has 0 aliphatic carbocycles. The van der Waals surface area contributed by atoms with E-state index in [4.69, 9.17) is 28.4 Å². The molecule has 1 amide bonds. The van der Waals surface area contributed by atoms with E-state index in [1.165, 1.54) is 135 Å². The Hall–Kier alpha value is -3.81. The average Bonchev–Trinajstić information content (AvgIpc) is 0.783. The molecular weight excluding hydrogens is 1320 g/mol. The topological polar surface area (TPSA) is 307 Å². The molecule has 0 saturated carbocycles. The van der Waals surface area contributed by atoms with E-state index >= 15 is 0 Å². The zero-order chi connectivity index (χ0) is 75.3. The van der Waals surface area contributed by atoms with Crippen molar-refractivity contribution in [2.75, 3.05) is 26.4 Å². The van der Waals surface area contributed by atoms with Crippen molar-refractivity contribution in [2.45, 2.75) is 381 Å². The van der Waals surface area contributed by atoms with Crippen LogP contribution in [-0.2, 0) is 33.2 Å². The second kappa shape index (κ2) is 64.1. The number of allylic oxidation sites excluding steroid dienone is 19. The first kappa shape index (κ1) is 94.4. The summed E-state index contributed by atoms with van der Waals surface area (Å²) in [5.41, 5.74) is 0. The number of hydrogen-bond donors (Lipinski definition) is 12. The van der Waals surface area contributed by atoms with Gasteiger partial charge >= 0.3 is 0 Å². The van der Waals surface area contributed by atoms with Crippen molar-refractivity contribution in [3.05, 3.63) is 122 Å². The highest BCUT2D eigenvalue weighted by Crippen LogP contribution is 2.33. The van der Waals surface area contributed by atoms with Gasteiger partial charge in [0.1, 0.15) is 73.2 Å². The molecule has 17 atom stereocenters. The first-order valence-electron chi connectivity index (χ1n) is 40.8. The van der Waals surface area contributed by atoms with Crippen molar-refractivity contribution >= 4 is 5.91 Å². The third-order valence-corrected chi connectivity index (χ3v) is 19.5. The first-order valence-corrected chi connectivity index (χ1v) is 40.8. The van der Waals surface area contributed by atoms with Crippen LogP contribution in [0.25, 0.3) is 0 Å². The van der Waals surface area contributed by atoms with Crippen molar-refractivity contribution in [1.82, 2.24) is 5.32 Å². The molecule has 3 aliphatic heterocycles. The molecule has 19 nitrogen and oxygen atoms in total. The fourth-order valence-corrected chi connectivity index (χ4v) is 13.0. The molecule has 3 rings (SSSR count). The quantitative estimate of drug-likeness (QED) is 0.0199. The Bertz CT molecular complexity index is 2350. The van der Waals surface area contributed by atoms with Crippen molar-refractivity contribution in [2.24, 2.45) is 0 Å². The van der Waals surface area contributed by atoms with E-state index in [2.05, 4.69) is 129 Å². The van der Waals surface area contributed by atoms with Gasteiger partial charge in [-0.1, -0.05) is 296 Å². The second-order valence-corrected chi connectivity index (χ2v) is 28.5. The minimum absolute atomic E-state index is 0.210. The number of rotatable bonds is 63. The zero-order valence-corrected chi connectivity index (χ0v) is 64.0. The molecule has 0 radical (unpaired) electrons. The molecule has 104 heavy (non-hydrogen) atoms. The summed E-state index contributed by atoms with van der Waals surface area (Å²) in [5.74, 6) is -0.303. The molecule has 0 bridgehead atoms. The van der Waals surface area contributed by atoms with Crippen LogP contribution in [0.3, 0.4) is 0 Å². The summed E-state index contributed by atoms with van der Waals surface area (Å²) >= 11 is 0. The van der Waals surface area contributed by atoms with Gasteiger partial charge in [-0.3, -0.25) is 4.79 Å². The standard InChI is InChI=1S/C85H145NO18/c1-3-5-7-9-11-13-15-17-19-21-23-25-27-29-31-33-34-35-37-39-41-43-45-47-49-51-53-55-57-59-61-63-73(91)86-68(69(90)62-60-58-56-54-52-50-48-46-44-42-40-38-36-32-30-28-26-24-22-20-18-16-14-12-10-8-6-4-2)67-99-83-79(97)76(94)81(71(65-88)101-83)104-85-80(98)77(95)82(72(66-89)102-85)103-84-78(96)75(93)74(92)70(64-87)100-84/h5,7,11,13,17,19,23,25,29,31,34-35,39,41,45,47,52,54,60,62,68-72,74-85,87-90,92-98H,3-4,6,8-10,12,14-16,18,20-22,24,26-28,30,32-33,36-38,40,42-44,46,48-51,53,55-59,61,63-67H2,1-2H3,(H,86,91)/b7-5-,13-11-,19-17-,25-23-,31-29-,35-34-,41-39-,47-45-,54-52+,62-60+. The van der Waals surface area contributed by atoms with E-state index in [0.717, 1.165) is 109 Å². The highest BCUT2D eigenvalue weighted by Gasteiger charge is 2.54. The Morgan fingerprint density at radius 1 is 0.356 bits per heavy atom. The van der Waals surface area contributed by atoms with E-state index in [1.807, 2.05) is 6.08 Å². The van der Waals surface area contributed by atoms with E-state index in [0.29, 0.717) is 12.8 Å². The average molecular weight is 1470 g/mol. The van der Waals surface area contributed by atoms with Gasteiger partial charge in [0, 0.05) is 6.42 Å². The summed E-state index contributed by atoms with van der Waals surface area (Å²) in [4.78, 5) is 13.5. The molecule has 0 aromatic rings. The summed E-state index contributed by atoms with van der Waals surface area (Å²) in [5, 5.41) is 121. The van der Waals surface area contributed by atoms with Gasteiger partial charge in [0.05, 0.1) is 38.6 Å². The fourth-order valence-electron chi connectivity index (χ4n) is 13.0. The summed E-state index contributed by atoms with van der Waals surface area (Å²) in [7, 11) is 0. The third kappa shape index (κ3) is 43.4. The SMILES string of the molecule is CC/C=C\C/C=C\C/C=C\C/C=C\C/C=C\C/C=C\C/C=C\C/C=C\CCCCCCCCC(=O)NC(COC1OC(CO)C(OC2OC(CO)C(OC3OC(CO)C(O)C(O)C3O)C(O)C2O)C(O)C1O)C(O)/C=C/CC/C=C/CCCCCCCCCCCCCCCCCCCCCCCC. The number of unbranched alkanes of at least 4 members (excludes halogenated alkanes) is 29. The molecule has 0 spiro atoms. The van der Waals surface area contributed by atoms with Crippen LogP contribution >= 0.6 is 0 Å². The van der Waals surface area contributed by atoms with Crippen LogP contribution < -0.4 is 5.32 Å². The van der Waals surface area contributed by atoms with E-state index in [9.17, 15) is 61.0 Å². The lowest BCUT2D eigenvalue weighted by Gasteiger charge is -2.48. The van der Waals surface area contributed by atoms with Gasteiger partial charge < -0.3 is 89.9 Å². The van der Waals surface area contributed by atoms with Gasteiger partial charge in [-0.25, -0.2) is 0 Å². The third-order valence-electron chi connectivity index (χ3n) is 19.5. The molecule has 3 fully saturated rings. The highest BCUT2D eigenvalue weighted by molar-refractivity contribution is 5.76. The molecule has 3 heterocycles. The molecule has 3 saturated heterocycles. The summed E-state index contributed by atoms with van der Waals surface area (Å²) in [6.45, 7) is 1.61. The highest BCUT2D eigenvalue weighted by atomic mass is 16.8. The van der Waals surface area contributed by atoms with Gasteiger partial charge in [0.15, 0.2) is 18.9 Å². The van der Waals surface area contributed by atoms with E-state index in [-0.39, 0.29) is 18.9 Å². The van der Waals surface area contributed by atoms with Crippen molar-refractivity contribution < 1.29 is 89.4 Å². The molecule has 0 aromatic heterocycles. The monoisotopic (exact) mass is 1470 g/mol. The van der Waals surface area contributed by atoms with Gasteiger partial charge in [-0.15, -0.1) is 0 Å². The summed E-state index contributed by atoms with van der Waals surface area (Å²) < 4.78 is 34.4. The van der Waals surface area contributed by atoms with Crippen LogP contribution in [0.4, 0.5) is 0 Å². The van der Waals surface area contributed by atoms with Gasteiger partial charge in [0.2, 0.25) is 5.91 Å². The maximum atomic E-state index is 13.5. The normalized spacial score (nSPS) is 26.6. The van der Waals surface area contributed by atoms with Crippen LogP contribution in [0.1, 0.15) is 277 Å². The number of ether oxygens (including phenoxy) is 6. The fraction of sp³-hybridized carbons (Fsp3) is 0.753. The molecule has 3 aliphatic rings.